The van der Waals surface area contributed by atoms with E-state index >= 15 is 0 Å². The van der Waals surface area contributed by atoms with Crippen molar-refractivity contribution in [1.82, 2.24) is 20.4 Å². The molecule has 0 aliphatic carbocycles. The molecule has 0 aromatic heterocycles. The van der Waals surface area contributed by atoms with Gasteiger partial charge in [0.25, 0.3) is 0 Å². The van der Waals surface area contributed by atoms with Gasteiger partial charge in [-0.05, 0) is 50.6 Å². The molecule has 1 aliphatic rings. The number of piperidine rings is 1. The first kappa shape index (κ1) is 22.3. The summed E-state index contributed by atoms with van der Waals surface area (Å²) in [5.74, 6) is 0.890. The van der Waals surface area contributed by atoms with Crippen molar-refractivity contribution in [3.63, 3.8) is 0 Å². The normalized spacial score (nSPS) is 20.4. The van der Waals surface area contributed by atoms with E-state index in [0.717, 1.165) is 45.0 Å². The van der Waals surface area contributed by atoms with Crippen LogP contribution in [0.3, 0.4) is 0 Å². The number of hydrogen-bond acceptors (Lipinski definition) is 3. The summed E-state index contributed by atoms with van der Waals surface area (Å²) in [6.07, 6.45) is 2.27. The standard InChI is InChI=1S/C25H37N5/c1-20-16-24(14-15-30(20)19-22-8-6-5-7-9-22)28-25(26-2)27-17-21-10-12-23(13-11-21)18-29(3)4/h5-13,20,24H,14-19H2,1-4H3,(H2,26,27,28). The molecule has 1 heterocycles. The molecule has 2 N–H and O–H groups in total. The maximum atomic E-state index is 4.44. The van der Waals surface area contributed by atoms with Crippen LogP contribution in [-0.4, -0.2) is 55.5 Å². The average Bonchev–Trinajstić information content (AvgIpc) is 2.74. The SMILES string of the molecule is CN=C(NCc1ccc(CN(C)C)cc1)NC1CCN(Cc2ccccc2)C(C)C1. The zero-order chi connectivity index (χ0) is 21.3. The van der Waals surface area contributed by atoms with Gasteiger partial charge in [0.1, 0.15) is 0 Å². The van der Waals surface area contributed by atoms with E-state index in [1.165, 1.54) is 16.7 Å². The van der Waals surface area contributed by atoms with Gasteiger partial charge in [0.15, 0.2) is 5.96 Å². The molecule has 2 unspecified atom stereocenters. The number of nitrogens with zero attached hydrogens (tertiary/aromatic N) is 3. The summed E-state index contributed by atoms with van der Waals surface area (Å²) >= 11 is 0. The Bertz CT molecular complexity index is 785. The van der Waals surface area contributed by atoms with Crippen LogP contribution in [0.4, 0.5) is 0 Å². The van der Waals surface area contributed by atoms with Crippen molar-refractivity contribution in [3.8, 4) is 0 Å². The van der Waals surface area contributed by atoms with Gasteiger partial charge in [-0.1, -0.05) is 54.6 Å². The zero-order valence-corrected chi connectivity index (χ0v) is 18.9. The van der Waals surface area contributed by atoms with E-state index in [1.807, 2.05) is 7.05 Å². The maximum Gasteiger partial charge on any atom is 0.191 e. The van der Waals surface area contributed by atoms with E-state index in [0.29, 0.717) is 12.1 Å². The second kappa shape index (κ2) is 11.1. The van der Waals surface area contributed by atoms with Gasteiger partial charge in [-0.3, -0.25) is 9.89 Å². The van der Waals surface area contributed by atoms with Crippen LogP contribution in [0.1, 0.15) is 36.5 Å². The minimum atomic E-state index is 0.459. The molecule has 1 fully saturated rings. The number of hydrogen-bond donors (Lipinski definition) is 2. The van der Waals surface area contributed by atoms with Crippen LogP contribution in [-0.2, 0) is 19.6 Å². The van der Waals surface area contributed by atoms with Gasteiger partial charge >= 0.3 is 0 Å². The fourth-order valence-corrected chi connectivity index (χ4v) is 4.11. The Morgan fingerprint density at radius 3 is 2.37 bits per heavy atom. The Kier molecular flexibility index (Phi) is 8.29. The topological polar surface area (TPSA) is 42.9 Å². The number of guanidine groups is 1. The fourth-order valence-electron chi connectivity index (χ4n) is 4.11. The Labute approximate surface area is 182 Å². The van der Waals surface area contributed by atoms with Crippen molar-refractivity contribution in [3.05, 3.63) is 71.3 Å². The highest BCUT2D eigenvalue weighted by Gasteiger charge is 2.25. The summed E-state index contributed by atoms with van der Waals surface area (Å²) in [6, 6.07) is 20.6. The third-order valence-corrected chi connectivity index (χ3v) is 5.79. The molecule has 5 heteroatoms. The molecule has 1 aliphatic heterocycles. The molecule has 2 aromatic rings. The average molecular weight is 408 g/mol. The van der Waals surface area contributed by atoms with Crippen molar-refractivity contribution in [2.75, 3.05) is 27.7 Å². The zero-order valence-electron chi connectivity index (χ0n) is 18.9. The lowest BCUT2D eigenvalue weighted by Gasteiger charge is -2.38. The molecular weight excluding hydrogens is 370 g/mol. The van der Waals surface area contributed by atoms with E-state index in [9.17, 15) is 0 Å². The molecule has 0 saturated carbocycles. The minimum Gasteiger partial charge on any atom is -0.354 e. The van der Waals surface area contributed by atoms with E-state index in [-0.39, 0.29) is 0 Å². The molecule has 1 saturated heterocycles. The van der Waals surface area contributed by atoms with Crippen molar-refractivity contribution in [2.45, 2.75) is 51.5 Å². The lowest BCUT2D eigenvalue weighted by atomic mass is 9.97. The van der Waals surface area contributed by atoms with Gasteiger partial charge in [0, 0.05) is 45.3 Å². The first-order valence-corrected chi connectivity index (χ1v) is 11.0. The summed E-state index contributed by atoms with van der Waals surface area (Å²) < 4.78 is 0. The fraction of sp³-hybridized carbons (Fsp3) is 0.480. The van der Waals surface area contributed by atoms with Gasteiger partial charge in [-0.25, -0.2) is 0 Å². The largest absolute Gasteiger partial charge is 0.354 e. The number of likely N-dealkylation sites (tertiary alicyclic amines) is 1. The predicted octanol–water partition coefficient (Wildman–Crippen LogP) is 3.47. The molecule has 2 atom stereocenters. The predicted molar refractivity (Wildman–Crippen MR) is 127 cm³/mol. The number of benzene rings is 2. The molecule has 0 amide bonds. The second-order valence-electron chi connectivity index (χ2n) is 8.65. The van der Waals surface area contributed by atoms with Crippen LogP contribution in [0, 0.1) is 0 Å². The number of aliphatic imine (C=N–C) groups is 1. The van der Waals surface area contributed by atoms with Crippen LogP contribution >= 0.6 is 0 Å². The molecule has 3 rings (SSSR count). The molecule has 2 aromatic carbocycles. The smallest absolute Gasteiger partial charge is 0.191 e. The summed E-state index contributed by atoms with van der Waals surface area (Å²) in [4.78, 5) is 9.21. The highest BCUT2D eigenvalue weighted by atomic mass is 15.2. The minimum absolute atomic E-state index is 0.459. The van der Waals surface area contributed by atoms with Crippen molar-refractivity contribution >= 4 is 5.96 Å². The quantitative estimate of drug-likeness (QED) is 0.545. The molecule has 162 valence electrons. The van der Waals surface area contributed by atoms with E-state index in [1.54, 1.807) is 0 Å². The lowest BCUT2D eigenvalue weighted by molar-refractivity contribution is 0.134. The van der Waals surface area contributed by atoms with Gasteiger partial charge in [-0.2, -0.15) is 0 Å². The summed E-state index contributed by atoms with van der Waals surface area (Å²) in [5, 5.41) is 7.11. The van der Waals surface area contributed by atoms with Crippen molar-refractivity contribution in [2.24, 2.45) is 4.99 Å². The Morgan fingerprint density at radius 2 is 1.73 bits per heavy atom. The van der Waals surface area contributed by atoms with Crippen molar-refractivity contribution < 1.29 is 0 Å². The van der Waals surface area contributed by atoms with Gasteiger partial charge < -0.3 is 15.5 Å². The molecule has 5 nitrogen and oxygen atoms in total. The van der Waals surface area contributed by atoms with Crippen LogP contribution < -0.4 is 10.6 Å². The number of rotatable bonds is 7. The Morgan fingerprint density at radius 1 is 1.03 bits per heavy atom. The van der Waals surface area contributed by atoms with Crippen molar-refractivity contribution in [1.29, 1.82) is 0 Å². The molecule has 0 bridgehead atoms. The van der Waals surface area contributed by atoms with Gasteiger partial charge in [0.05, 0.1) is 0 Å². The van der Waals surface area contributed by atoms with Gasteiger partial charge in [-0.15, -0.1) is 0 Å². The maximum absolute atomic E-state index is 4.44. The first-order chi connectivity index (χ1) is 14.5. The van der Waals surface area contributed by atoms with E-state index < -0.39 is 0 Å². The van der Waals surface area contributed by atoms with E-state index in [2.05, 4.69) is 101 Å². The Hall–Kier alpha value is -2.37. The summed E-state index contributed by atoms with van der Waals surface area (Å²) in [7, 11) is 6.04. The molecule has 0 spiro atoms. The molecule has 30 heavy (non-hydrogen) atoms. The van der Waals surface area contributed by atoms with E-state index in [4.69, 9.17) is 0 Å². The van der Waals surface area contributed by atoms with Crippen LogP contribution in [0.5, 0.6) is 0 Å². The lowest BCUT2D eigenvalue weighted by Crippen LogP contribution is -2.51. The van der Waals surface area contributed by atoms with Crippen LogP contribution in [0.2, 0.25) is 0 Å². The summed E-state index contributed by atoms with van der Waals surface area (Å²) in [5.41, 5.74) is 4.00. The molecular formula is C25H37N5. The monoisotopic (exact) mass is 407 g/mol. The number of nitrogens with one attached hydrogen (secondary N) is 2. The summed E-state index contributed by atoms with van der Waals surface area (Å²) in [6.45, 7) is 6.23. The second-order valence-corrected chi connectivity index (χ2v) is 8.65. The highest BCUT2D eigenvalue weighted by Crippen LogP contribution is 2.20. The van der Waals surface area contributed by atoms with Crippen LogP contribution in [0.25, 0.3) is 0 Å². The Balaban J connectivity index is 1.45. The van der Waals surface area contributed by atoms with Crippen LogP contribution in [0.15, 0.2) is 59.6 Å². The highest BCUT2D eigenvalue weighted by molar-refractivity contribution is 5.79. The molecule has 0 radical (unpaired) electrons. The van der Waals surface area contributed by atoms with Gasteiger partial charge in [0.2, 0.25) is 0 Å². The third-order valence-electron chi connectivity index (χ3n) is 5.79. The third kappa shape index (κ3) is 6.85. The first-order valence-electron chi connectivity index (χ1n) is 11.0.